The van der Waals surface area contributed by atoms with Crippen LogP contribution in [0.1, 0.15) is 23.2 Å². The van der Waals surface area contributed by atoms with Gasteiger partial charge in [-0.15, -0.1) is 10.2 Å². The van der Waals surface area contributed by atoms with E-state index in [1.165, 1.54) is 4.80 Å². The molecule has 0 aliphatic carbocycles. The molecule has 0 bridgehead atoms. The van der Waals surface area contributed by atoms with E-state index in [9.17, 15) is 9.59 Å². The topological polar surface area (TPSA) is 119 Å². The maximum atomic E-state index is 12.3. The van der Waals surface area contributed by atoms with Gasteiger partial charge in [0, 0.05) is 30.8 Å². The van der Waals surface area contributed by atoms with E-state index in [2.05, 4.69) is 25.6 Å². The number of aromatic nitrogens is 4. The van der Waals surface area contributed by atoms with E-state index in [4.69, 9.17) is 5.73 Å². The molecule has 3 rings (SSSR count). The number of carbonyl (C=O) groups is 2. The summed E-state index contributed by atoms with van der Waals surface area (Å²) in [6, 6.07) is 7.08. The molecule has 3 N–H and O–H groups in total. The minimum atomic E-state index is -0.239. The number of primary amides is 1. The molecule has 0 radical (unpaired) electrons. The van der Waals surface area contributed by atoms with Crippen molar-refractivity contribution >= 4 is 11.8 Å². The summed E-state index contributed by atoms with van der Waals surface area (Å²) < 4.78 is 0. The highest BCUT2D eigenvalue weighted by Gasteiger charge is 2.23. The largest absolute Gasteiger partial charge is 0.369 e. The Morgan fingerprint density at radius 3 is 2.73 bits per heavy atom. The number of hydrogen-bond acceptors (Lipinski definition) is 6. The van der Waals surface area contributed by atoms with Gasteiger partial charge in [-0.25, -0.2) is 0 Å². The molecule has 0 saturated carbocycles. The number of tetrazole rings is 1. The fourth-order valence-electron chi connectivity index (χ4n) is 3.09. The number of nitrogens with zero attached hydrogens (tertiary/aromatic N) is 5. The number of rotatable bonds is 6. The van der Waals surface area contributed by atoms with Gasteiger partial charge in [-0.05, 0) is 36.7 Å². The summed E-state index contributed by atoms with van der Waals surface area (Å²) in [6.07, 6.45) is 1.81. The van der Waals surface area contributed by atoms with Crippen molar-refractivity contribution in [2.24, 2.45) is 18.7 Å². The van der Waals surface area contributed by atoms with Gasteiger partial charge in [0.15, 0.2) is 0 Å². The van der Waals surface area contributed by atoms with Crippen LogP contribution in [0.5, 0.6) is 0 Å². The fourth-order valence-corrected chi connectivity index (χ4v) is 3.09. The number of piperidine rings is 1. The van der Waals surface area contributed by atoms with Gasteiger partial charge < -0.3 is 16.0 Å². The van der Waals surface area contributed by atoms with E-state index in [1.54, 1.807) is 31.3 Å². The molecular weight excluding hydrogens is 334 g/mol. The van der Waals surface area contributed by atoms with E-state index in [-0.39, 0.29) is 17.7 Å². The van der Waals surface area contributed by atoms with Crippen LogP contribution in [0.25, 0.3) is 11.4 Å². The Hall–Kier alpha value is -2.81. The zero-order valence-electron chi connectivity index (χ0n) is 14.8. The lowest BCUT2D eigenvalue weighted by molar-refractivity contribution is -0.123. The number of likely N-dealkylation sites (tertiary alicyclic amines) is 1. The summed E-state index contributed by atoms with van der Waals surface area (Å²) in [5, 5.41) is 14.8. The molecule has 1 aliphatic rings. The lowest BCUT2D eigenvalue weighted by Gasteiger charge is -2.31. The minimum Gasteiger partial charge on any atom is -0.369 e. The van der Waals surface area contributed by atoms with Gasteiger partial charge in [0.2, 0.25) is 11.7 Å². The third-order valence-electron chi connectivity index (χ3n) is 4.54. The van der Waals surface area contributed by atoms with E-state index < -0.39 is 0 Å². The first kappa shape index (κ1) is 18.0. The number of hydrogen-bond donors (Lipinski definition) is 2. The summed E-state index contributed by atoms with van der Waals surface area (Å²) in [4.78, 5) is 27.1. The van der Waals surface area contributed by atoms with Crippen molar-refractivity contribution in [3.63, 3.8) is 0 Å². The second kappa shape index (κ2) is 8.05. The van der Waals surface area contributed by atoms with Crippen LogP contribution < -0.4 is 11.1 Å². The zero-order chi connectivity index (χ0) is 18.5. The quantitative estimate of drug-likeness (QED) is 0.739. The highest BCUT2D eigenvalue weighted by molar-refractivity contribution is 5.94. The smallest absolute Gasteiger partial charge is 0.251 e. The van der Waals surface area contributed by atoms with Crippen LogP contribution in [0.4, 0.5) is 0 Å². The average Bonchev–Trinajstić information content (AvgIpc) is 3.08. The highest BCUT2D eigenvalue weighted by Crippen LogP contribution is 2.16. The lowest BCUT2D eigenvalue weighted by Crippen LogP contribution is -2.44. The van der Waals surface area contributed by atoms with Crippen molar-refractivity contribution in [3.8, 4) is 11.4 Å². The Labute approximate surface area is 151 Å². The van der Waals surface area contributed by atoms with Gasteiger partial charge in [-0.2, -0.15) is 4.80 Å². The first-order valence-corrected chi connectivity index (χ1v) is 8.67. The first-order valence-electron chi connectivity index (χ1n) is 8.67. The van der Waals surface area contributed by atoms with Crippen LogP contribution in [-0.4, -0.2) is 63.1 Å². The molecule has 1 saturated heterocycles. The number of amides is 2. The highest BCUT2D eigenvalue weighted by atomic mass is 16.2. The molecule has 2 aromatic rings. The normalized spacial score (nSPS) is 17.8. The Bertz CT molecular complexity index is 772. The third-order valence-corrected chi connectivity index (χ3v) is 4.54. The monoisotopic (exact) mass is 357 g/mol. The Morgan fingerprint density at radius 2 is 2.08 bits per heavy atom. The Kier molecular flexibility index (Phi) is 5.57. The van der Waals surface area contributed by atoms with Gasteiger partial charge in [-0.3, -0.25) is 9.59 Å². The molecule has 1 aromatic heterocycles. The second-order valence-electron chi connectivity index (χ2n) is 6.48. The summed E-state index contributed by atoms with van der Waals surface area (Å²) in [5.74, 6) is 0.0683. The first-order chi connectivity index (χ1) is 12.5. The van der Waals surface area contributed by atoms with Crippen LogP contribution in [0.2, 0.25) is 0 Å². The molecule has 1 aromatic carbocycles. The molecule has 9 heteroatoms. The molecule has 0 unspecified atom stereocenters. The molecule has 1 fully saturated rings. The van der Waals surface area contributed by atoms with Crippen molar-refractivity contribution in [3.05, 3.63) is 29.8 Å². The van der Waals surface area contributed by atoms with Crippen molar-refractivity contribution in [2.75, 3.05) is 26.2 Å². The van der Waals surface area contributed by atoms with Gasteiger partial charge in [0.1, 0.15) is 0 Å². The van der Waals surface area contributed by atoms with Gasteiger partial charge >= 0.3 is 0 Å². The SMILES string of the molecule is Cn1nnc(-c2ccc(C(=O)NCCN3CCC[C@@H](C(N)=O)C3)cc2)n1. The molecule has 138 valence electrons. The summed E-state index contributed by atoms with van der Waals surface area (Å²) >= 11 is 0. The van der Waals surface area contributed by atoms with Crippen LogP contribution in [-0.2, 0) is 11.8 Å². The fraction of sp³-hybridized carbons (Fsp3) is 0.471. The maximum Gasteiger partial charge on any atom is 0.251 e. The number of nitrogens with two attached hydrogens (primary N) is 1. The van der Waals surface area contributed by atoms with E-state index in [0.717, 1.165) is 24.9 Å². The molecule has 1 aliphatic heterocycles. The zero-order valence-corrected chi connectivity index (χ0v) is 14.8. The molecule has 1 atom stereocenters. The van der Waals surface area contributed by atoms with Gasteiger partial charge in [0.25, 0.3) is 5.91 Å². The number of aryl methyl sites for hydroxylation is 1. The van der Waals surface area contributed by atoms with Crippen molar-refractivity contribution in [2.45, 2.75) is 12.8 Å². The average molecular weight is 357 g/mol. The van der Waals surface area contributed by atoms with Crippen molar-refractivity contribution in [1.82, 2.24) is 30.4 Å². The Balaban J connectivity index is 1.48. The predicted octanol–water partition coefficient (Wildman–Crippen LogP) is -0.196. The van der Waals surface area contributed by atoms with E-state index in [0.29, 0.717) is 31.0 Å². The van der Waals surface area contributed by atoms with Crippen LogP contribution >= 0.6 is 0 Å². The van der Waals surface area contributed by atoms with E-state index >= 15 is 0 Å². The van der Waals surface area contributed by atoms with Crippen LogP contribution in [0, 0.1) is 5.92 Å². The summed E-state index contributed by atoms with van der Waals surface area (Å²) in [5.41, 5.74) is 6.77. The van der Waals surface area contributed by atoms with Gasteiger partial charge in [-0.1, -0.05) is 12.1 Å². The van der Waals surface area contributed by atoms with Crippen LogP contribution in [0.3, 0.4) is 0 Å². The second-order valence-corrected chi connectivity index (χ2v) is 6.48. The van der Waals surface area contributed by atoms with E-state index in [1.807, 2.05) is 0 Å². The number of nitrogens with one attached hydrogen (secondary N) is 1. The third kappa shape index (κ3) is 4.42. The summed E-state index contributed by atoms with van der Waals surface area (Å²) in [7, 11) is 1.70. The van der Waals surface area contributed by atoms with Crippen molar-refractivity contribution < 1.29 is 9.59 Å². The molecule has 26 heavy (non-hydrogen) atoms. The van der Waals surface area contributed by atoms with Crippen molar-refractivity contribution in [1.29, 1.82) is 0 Å². The molecular formula is C17H23N7O2. The maximum absolute atomic E-state index is 12.3. The molecule has 2 heterocycles. The Morgan fingerprint density at radius 1 is 1.31 bits per heavy atom. The lowest BCUT2D eigenvalue weighted by atomic mass is 9.97. The standard InChI is InChI=1S/C17H23N7O2/c1-23-21-16(20-22-23)12-4-6-13(7-5-12)17(26)19-8-10-24-9-2-3-14(11-24)15(18)25/h4-7,14H,2-3,8-11H2,1H3,(H2,18,25)(H,19,26)/t14-/m1/s1. The van der Waals surface area contributed by atoms with Gasteiger partial charge in [0.05, 0.1) is 13.0 Å². The summed E-state index contributed by atoms with van der Waals surface area (Å²) in [6.45, 7) is 2.83. The molecule has 9 nitrogen and oxygen atoms in total. The van der Waals surface area contributed by atoms with Crippen LogP contribution in [0.15, 0.2) is 24.3 Å². The number of carbonyl (C=O) groups excluding carboxylic acids is 2. The minimum absolute atomic E-state index is 0.0818. The number of benzene rings is 1. The predicted molar refractivity (Wildman–Crippen MR) is 94.9 cm³/mol. The molecule has 0 spiro atoms. The molecule has 2 amide bonds.